The minimum atomic E-state index is -0.0773. The Bertz CT molecular complexity index is 631. The van der Waals surface area contributed by atoms with Crippen LogP contribution in [0.5, 0.6) is 0 Å². The van der Waals surface area contributed by atoms with Crippen LogP contribution in [0.25, 0.3) is 0 Å². The van der Waals surface area contributed by atoms with E-state index in [1.54, 1.807) is 18.5 Å². The highest BCUT2D eigenvalue weighted by molar-refractivity contribution is 7.15. The Balaban J connectivity index is 1.62. The Kier molecular flexibility index (Phi) is 4.57. The zero-order valence-electron chi connectivity index (χ0n) is 12.4. The van der Waals surface area contributed by atoms with Gasteiger partial charge in [-0.3, -0.25) is 4.79 Å². The Morgan fingerprint density at radius 1 is 1.41 bits per heavy atom. The quantitative estimate of drug-likeness (QED) is 0.924. The van der Waals surface area contributed by atoms with E-state index in [0.717, 1.165) is 30.8 Å². The van der Waals surface area contributed by atoms with Crippen molar-refractivity contribution in [3.8, 4) is 0 Å². The lowest BCUT2D eigenvalue weighted by atomic mass is 9.97. The van der Waals surface area contributed by atoms with Crippen LogP contribution in [0.2, 0.25) is 0 Å². The fraction of sp³-hybridized carbons (Fsp3) is 0.500. The Labute approximate surface area is 132 Å². The molecule has 2 aromatic rings. The van der Waals surface area contributed by atoms with Gasteiger partial charge in [-0.1, -0.05) is 18.3 Å². The first-order valence-electron chi connectivity index (χ1n) is 7.41. The molecule has 0 aromatic carbocycles. The van der Waals surface area contributed by atoms with Crippen molar-refractivity contribution in [2.24, 2.45) is 5.92 Å². The summed E-state index contributed by atoms with van der Waals surface area (Å²) >= 11 is 1.43. The number of aromatic nitrogens is 4. The van der Waals surface area contributed by atoms with Gasteiger partial charge in [0, 0.05) is 25.5 Å². The number of rotatable bonds is 4. The predicted octanol–water partition coefficient (Wildman–Crippen LogP) is 1.75. The fourth-order valence-electron chi connectivity index (χ4n) is 2.48. The maximum atomic E-state index is 12.4. The van der Waals surface area contributed by atoms with E-state index in [2.05, 4.69) is 30.4 Å². The minimum absolute atomic E-state index is 0.000524. The summed E-state index contributed by atoms with van der Waals surface area (Å²) in [5, 5.41) is 12.4. The fourth-order valence-corrected chi connectivity index (χ4v) is 3.16. The van der Waals surface area contributed by atoms with E-state index >= 15 is 0 Å². The highest BCUT2D eigenvalue weighted by Crippen LogP contribution is 2.22. The van der Waals surface area contributed by atoms with Crippen LogP contribution in [0, 0.1) is 5.92 Å². The number of hydrogen-bond donors (Lipinski definition) is 1. The summed E-state index contributed by atoms with van der Waals surface area (Å²) in [5.74, 6) is 0.607. The summed E-state index contributed by atoms with van der Waals surface area (Å²) in [4.78, 5) is 23.0. The third kappa shape index (κ3) is 3.38. The number of hydrogen-bond acceptors (Lipinski definition) is 7. The molecule has 0 bridgehead atoms. The van der Waals surface area contributed by atoms with Gasteiger partial charge in [0.05, 0.1) is 5.92 Å². The van der Waals surface area contributed by atoms with Crippen LogP contribution in [0.15, 0.2) is 18.5 Å². The van der Waals surface area contributed by atoms with E-state index in [1.807, 2.05) is 6.92 Å². The topological polar surface area (TPSA) is 83.9 Å². The molecule has 0 radical (unpaired) electrons. The number of amides is 1. The lowest BCUT2D eigenvalue weighted by Gasteiger charge is -2.31. The van der Waals surface area contributed by atoms with Crippen LogP contribution in [0.1, 0.15) is 24.8 Å². The Morgan fingerprint density at radius 2 is 2.23 bits per heavy atom. The van der Waals surface area contributed by atoms with Crippen molar-refractivity contribution in [1.29, 1.82) is 0 Å². The molecule has 1 unspecified atom stereocenters. The molecular weight excluding hydrogens is 300 g/mol. The standard InChI is InChI=1S/C14H18N6OS/c1-2-11-18-19-14(22-11)17-12(21)10-5-3-8-20(9-10)13-15-6-4-7-16-13/h4,6-7,10H,2-3,5,8-9H2,1H3,(H,17,19,21). The molecule has 1 aliphatic rings. The summed E-state index contributed by atoms with van der Waals surface area (Å²) < 4.78 is 0. The zero-order valence-corrected chi connectivity index (χ0v) is 13.2. The number of aryl methyl sites for hydroxylation is 1. The SMILES string of the molecule is CCc1nnc(NC(=O)C2CCCN(c3ncccn3)C2)s1. The van der Waals surface area contributed by atoms with Gasteiger partial charge < -0.3 is 10.2 Å². The van der Waals surface area contributed by atoms with E-state index < -0.39 is 0 Å². The van der Waals surface area contributed by atoms with Gasteiger partial charge in [0.25, 0.3) is 0 Å². The van der Waals surface area contributed by atoms with Crippen LogP contribution in [0.3, 0.4) is 0 Å². The molecule has 3 rings (SSSR count). The van der Waals surface area contributed by atoms with E-state index in [9.17, 15) is 4.79 Å². The highest BCUT2D eigenvalue weighted by atomic mass is 32.1. The number of nitrogens with zero attached hydrogens (tertiary/aromatic N) is 5. The van der Waals surface area contributed by atoms with Crippen molar-refractivity contribution < 1.29 is 4.79 Å². The molecule has 1 amide bonds. The molecule has 0 saturated carbocycles. The average molecular weight is 318 g/mol. The molecule has 3 heterocycles. The second-order valence-corrected chi connectivity index (χ2v) is 6.24. The van der Waals surface area contributed by atoms with Gasteiger partial charge in [-0.25, -0.2) is 9.97 Å². The minimum Gasteiger partial charge on any atom is -0.340 e. The normalized spacial score (nSPS) is 18.2. The summed E-state index contributed by atoms with van der Waals surface area (Å²) in [6, 6.07) is 1.79. The van der Waals surface area contributed by atoms with Crippen molar-refractivity contribution in [3.63, 3.8) is 0 Å². The van der Waals surface area contributed by atoms with Crippen molar-refractivity contribution in [2.75, 3.05) is 23.3 Å². The van der Waals surface area contributed by atoms with E-state index in [1.165, 1.54) is 11.3 Å². The third-order valence-corrected chi connectivity index (χ3v) is 4.61. The molecule has 0 spiro atoms. The Morgan fingerprint density at radius 3 is 2.95 bits per heavy atom. The smallest absolute Gasteiger partial charge is 0.231 e. The number of nitrogens with one attached hydrogen (secondary N) is 1. The van der Waals surface area contributed by atoms with Crippen LogP contribution in [0.4, 0.5) is 11.1 Å². The van der Waals surface area contributed by atoms with Crippen LogP contribution in [-0.2, 0) is 11.2 Å². The Hall–Kier alpha value is -2.09. The molecule has 22 heavy (non-hydrogen) atoms. The van der Waals surface area contributed by atoms with Crippen LogP contribution in [-0.4, -0.2) is 39.2 Å². The molecule has 0 aliphatic carbocycles. The van der Waals surface area contributed by atoms with Gasteiger partial charge in [-0.2, -0.15) is 0 Å². The summed E-state index contributed by atoms with van der Waals surface area (Å²) in [5.41, 5.74) is 0. The molecule has 1 saturated heterocycles. The van der Waals surface area contributed by atoms with Gasteiger partial charge in [0.2, 0.25) is 17.0 Å². The number of carbonyl (C=O) groups is 1. The lowest BCUT2D eigenvalue weighted by Crippen LogP contribution is -2.41. The first kappa shape index (κ1) is 14.8. The van der Waals surface area contributed by atoms with Gasteiger partial charge in [0.15, 0.2) is 0 Å². The molecule has 1 atom stereocenters. The largest absolute Gasteiger partial charge is 0.340 e. The predicted molar refractivity (Wildman–Crippen MR) is 84.9 cm³/mol. The molecule has 8 heteroatoms. The zero-order chi connectivity index (χ0) is 15.4. The average Bonchev–Trinajstić information content (AvgIpc) is 3.03. The third-order valence-electron chi connectivity index (χ3n) is 3.63. The van der Waals surface area contributed by atoms with Crippen molar-refractivity contribution in [3.05, 3.63) is 23.5 Å². The van der Waals surface area contributed by atoms with Crippen molar-refractivity contribution >= 4 is 28.3 Å². The number of piperidine rings is 1. The molecule has 1 aliphatic heterocycles. The van der Waals surface area contributed by atoms with Gasteiger partial charge in [-0.15, -0.1) is 10.2 Å². The van der Waals surface area contributed by atoms with Gasteiger partial charge >= 0.3 is 0 Å². The number of anilines is 2. The first-order valence-corrected chi connectivity index (χ1v) is 8.23. The van der Waals surface area contributed by atoms with Gasteiger partial charge in [0.1, 0.15) is 5.01 Å². The molecule has 2 aromatic heterocycles. The molecular formula is C14H18N6OS. The first-order chi connectivity index (χ1) is 10.8. The summed E-state index contributed by atoms with van der Waals surface area (Å²) in [6.45, 7) is 3.53. The van der Waals surface area contributed by atoms with E-state index in [4.69, 9.17) is 0 Å². The molecule has 1 fully saturated rings. The molecule has 1 N–H and O–H groups in total. The second kappa shape index (κ2) is 6.78. The summed E-state index contributed by atoms with van der Waals surface area (Å²) in [7, 11) is 0. The second-order valence-electron chi connectivity index (χ2n) is 5.18. The van der Waals surface area contributed by atoms with Gasteiger partial charge in [-0.05, 0) is 25.3 Å². The van der Waals surface area contributed by atoms with Crippen LogP contribution >= 0.6 is 11.3 Å². The lowest BCUT2D eigenvalue weighted by molar-refractivity contribution is -0.120. The van der Waals surface area contributed by atoms with E-state index in [-0.39, 0.29) is 11.8 Å². The summed E-state index contributed by atoms with van der Waals surface area (Å²) in [6.07, 6.45) is 6.09. The van der Waals surface area contributed by atoms with Crippen LogP contribution < -0.4 is 10.2 Å². The highest BCUT2D eigenvalue weighted by Gasteiger charge is 2.27. The molecule has 116 valence electrons. The maximum absolute atomic E-state index is 12.4. The monoisotopic (exact) mass is 318 g/mol. The number of carbonyl (C=O) groups excluding carboxylic acids is 1. The maximum Gasteiger partial charge on any atom is 0.231 e. The van der Waals surface area contributed by atoms with E-state index in [0.29, 0.717) is 17.6 Å². The van der Waals surface area contributed by atoms with Crippen molar-refractivity contribution in [2.45, 2.75) is 26.2 Å². The van der Waals surface area contributed by atoms with Crippen molar-refractivity contribution in [1.82, 2.24) is 20.2 Å². The molecule has 7 nitrogen and oxygen atoms in total.